The van der Waals surface area contributed by atoms with E-state index in [0.29, 0.717) is 6.54 Å². The highest BCUT2D eigenvalue weighted by Crippen LogP contribution is 2.48. The lowest BCUT2D eigenvalue weighted by Gasteiger charge is -2.32. The van der Waals surface area contributed by atoms with Crippen LogP contribution in [0.1, 0.15) is 20.8 Å². The summed E-state index contributed by atoms with van der Waals surface area (Å²) >= 11 is 0. The normalized spacial score (nSPS) is 13.8. The minimum atomic E-state index is -3.52. The van der Waals surface area contributed by atoms with Crippen molar-refractivity contribution in [1.82, 2.24) is 19.5 Å². The number of carbonyl (C=O) groups is 1. The van der Waals surface area contributed by atoms with Crippen molar-refractivity contribution >= 4 is 22.0 Å². The minimum Gasteiger partial charge on any atom is -0.346 e. The molecule has 0 spiro atoms. The molecule has 196 valence electrons. The van der Waals surface area contributed by atoms with Gasteiger partial charge in [-0.2, -0.15) is 0 Å². The Morgan fingerprint density at radius 1 is 1.34 bits per heavy atom. The smallest absolute Gasteiger partial charge is 0.346 e. The van der Waals surface area contributed by atoms with Gasteiger partial charge in [-0.15, -0.1) is 0 Å². The van der Waals surface area contributed by atoms with Crippen molar-refractivity contribution in [3.05, 3.63) is 56.4 Å². The molecule has 0 aromatic carbocycles. The first kappa shape index (κ1) is 30.9. The maximum atomic E-state index is 12.6. The van der Waals surface area contributed by atoms with Crippen molar-refractivity contribution in [3.63, 3.8) is 0 Å². The largest absolute Gasteiger partial charge is 0.353 e. The molecular formula is C20H33N5O8P2. The number of nitrogens with one attached hydrogen (secondary N) is 2. The second-order valence-electron chi connectivity index (χ2n) is 7.26. The van der Waals surface area contributed by atoms with E-state index in [1.54, 1.807) is 0 Å². The van der Waals surface area contributed by atoms with Gasteiger partial charge in [-0.1, -0.05) is 13.0 Å². The molecule has 1 aromatic rings. The van der Waals surface area contributed by atoms with Gasteiger partial charge in [0.05, 0.1) is 12.6 Å². The summed E-state index contributed by atoms with van der Waals surface area (Å²) in [6.45, 7) is 13.4. The standard InChI is InChI=1S/C20H33N5O8P2/c1-7-25(16(2)3)34(32-12-10-21-4)33-15-17(9-13-35(29,30-5)31-6)22-19(27)14-24-11-8-18(26)23-20(24)28/h8-9,11,13,16-17H,7,10,12,14-15H2,1-3,5-6H3,(H,22,27)(H,23,26,28)/b13-9+. The monoisotopic (exact) mass is 533 g/mol. The lowest BCUT2D eigenvalue weighted by molar-refractivity contribution is -0.122. The van der Waals surface area contributed by atoms with Crippen molar-refractivity contribution in [2.75, 3.05) is 40.5 Å². The molecule has 2 unspecified atom stereocenters. The predicted octanol–water partition coefficient (Wildman–Crippen LogP) is 1.93. The van der Waals surface area contributed by atoms with Gasteiger partial charge in [0, 0.05) is 44.9 Å². The van der Waals surface area contributed by atoms with Gasteiger partial charge in [0.15, 0.2) is 0 Å². The van der Waals surface area contributed by atoms with E-state index in [4.69, 9.17) is 24.7 Å². The summed E-state index contributed by atoms with van der Waals surface area (Å²) in [7, 11) is -2.62. The van der Waals surface area contributed by atoms with Crippen LogP contribution >= 0.6 is 16.1 Å². The number of hydrogen-bond acceptors (Lipinski definition) is 9. The summed E-state index contributed by atoms with van der Waals surface area (Å²) in [4.78, 5) is 41.1. The van der Waals surface area contributed by atoms with Gasteiger partial charge in [0.25, 0.3) is 14.1 Å². The van der Waals surface area contributed by atoms with Crippen LogP contribution in [-0.2, 0) is 34.0 Å². The molecule has 1 amide bonds. The Kier molecular flexibility index (Phi) is 13.9. The quantitative estimate of drug-likeness (QED) is 0.185. The Hall–Kier alpha value is -2.16. The molecule has 15 heteroatoms. The molecule has 0 aliphatic carbocycles. The Labute approximate surface area is 205 Å². The van der Waals surface area contributed by atoms with Crippen LogP contribution in [0.4, 0.5) is 0 Å². The molecule has 2 atom stereocenters. The Balaban J connectivity index is 3.06. The molecule has 0 radical (unpaired) electrons. The molecule has 0 saturated heterocycles. The number of nitrogens with zero attached hydrogens (tertiary/aromatic N) is 3. The van der Waals surface area contributed by atoms with Crippen molar-refractivity contribution in [2.24, 2.45) is 0 Å². The lowest BCUT2D eigenvalue weighted by Crippen LogP contribution is -2.41. The average molecular weight is 533 g/mol. The van der Waals surface area contributed by atoms with Crippen molar-refractivity contribution in [3.8, 4) is 0 Å². The third-order valence-corrected chi connectivity index (χ3v) is 7.96. The van der Waals surface area contributed by atoms with Crippen molar-refractivity contribution in [1.29, 1.82) is 0 Å². The van der Waals surface area contributed by atoms with Crippen LogP contribution in [-0.4, -0.2) is 72.7 Å². The molecule has 1 heterocycles. The van der Waals surface area contributed by atoms with E-state index in [-0.39, 0.29) is 32.3 Å². The zero-order valence-electron chi connectivity index (χ0n) is 20.5. The highest BCUT2D eigenvalue weighted by Gasteiger charge is 2.25. The van der Waals surface area contributed by atoms with E-state index in [9.17, 15) is 18.9 Å². The average Bonchev–Trinajstić information content (AvgIpc) is 2.82. The predicted molar refractivity (Wildman–Crippen MR) is 132 cm³/mol. The van der Waals surface area contributed by atoms with Crippen LogP contribution in [0.5, 0.6) is 0 Å². The van der Waals surface area contributed by atoms with Crippen LogP contribution in [0.25, 0.3) is 4.85 Å². The van der Waals surface area contributed by atoms with Crippen molar-refractivity contribution < 1.29 is 27.5 Å². The van der Waals surface area contributed by atoms with Crippen LogP contribution in [0.2, 0.25) is 0 Å². The number of carbonyl (C=O) groups excluding carboxylic acids is 1. The van der Waals surface area contributed by atoms with Crippen LogP contribution in [0.15, 0.2) is 33.7 Å². The third kappa shape index (κ3) is 11.0. The Morgan fingerprint density at radius 2 is 2.03 bits per heavy atom. The molecule has 35 heavy (non-hydrogen) atoms. The second kappa shape index (κ2) is 15.8. The van der Waals surface area contributed by atoms with Gasteiger partial charge in [-0.3, -0.25) is 23.7 Å². The summed E-state index contributed by atoms with van der Waals surface area (Å²) in [5, 5.41) is 2.69. The van der Waals surface area contributed by atoms with E-state index >= 15 is 0 Å². The number of H-pyrrole nitrogens is 1. The Bertz CT molecular complexity index is 1030. The van der Waals surface area contributed by atoms with Gasteiger partial charge >= 0.3 is 13.3 Å². The van der Waals surface area contributed by atoms with Crippen molar-refractivity contribution in [2.45, 2.75) is 39.4 Å². The Morgan fingerprint density at radius 3 is 2.57 bits per heavy atom. The molecule has 2 N–H and O–H groups in total. The van der Waals surface area contributed by atoms with E-state index < -0.39 is 39.3 Å². The highest BCUT2D eigenvalue weighted by molar-refractivity contribution is 7.57. The molecule has 1 aromatic heterocycles. The molecule has 0 saturated carbocycles. The van der Waals surface area contributed by atoms with Crippen LogP contribution in [0, 0.1) is 6.57 Å². The number of aromatic amines is 1. The van der Waals surface area contributed by atoms with E-state index in [1.807, 2.05) is 25.4 Å². The summed E-state index contributed by atoms with van der Waals surface area (Å²) in [5.74, 6) is 0.645. The van der Waals surface area contributed by atoms with Gasteiger partial charge in [-0.25, -0.2) is 16.0 Å². The molecular weight excluding hydrogens is 500 g/mol. The fraction of sp³-hybridized carbons (Fsp3) is 0.600. The molecule has 13 nitrogen and oxygen atoms in total. The van der Waals surface area contributed by atoms with Gasteiger partial charge in [0.2, 0.25) is 12.5 Å². The highest BCUT2D eigenvalue weighted by atomic mass is 31.2. The maximum Gasteiger partial charge on any atom is 0.353 e. The van der Waals surface area contributed by atoms with E-state index in [2.05, 4.69) is 15.1 Å². The zero-order valence-corrected chi connectivity index (χ0v) is 22.3. The lowest BCUT2D eigenvalue weighted by atomic mass is 10.3. The SMILES string of the molecule is [C-]#[N+]CCOP(OCC(/C=C/P(=O)(OC)OC)NC(=O)Cn1ccc(=O)[nH]c1=O)N(CC)C(C)C. The minimum absolute atomic E-state index is 0.0663. The second-order valence-corrected chi connectivity index (χ2v) is 10.9. The fourth-order valence-corrected chi connectivity index (χ4v) is 5.01. The van der Waals surface area contributed by atoms with Gasteiger partial charge < -0.3 is 28.3 Å². The van der Waals surface area contributed by atoms with Crippen LogP contribution in [0.3, 0.4) is 0 Å². The first-order valence-electron chi connectivity index (χ1n) is 10.7. The summed E-state index contributed by atoms with van der Waals surface area (Å²) in [6, 6.07) is 0.429. The number of rotatable bonds is 16. The molecule has 0 aliphatic heterocycles. The molecule has 0 aliphatic rings. The van der Waals surface area contributed by atoms with Gasteiger partial charge in [0.1, 0.15) is 13.2 Å². The van der Waals surface area contributed by atoms with Gasteiger partial charge in [-0.05, 0) is 13.8 Å². The maximum absolute atomic E-state index is 12.6. The van der Waals surface area contributed by atoms with Crippen LogP contribution < -0.4 is 16.6 Å². The summed E-state index contributed by atoms with van der Waals surface area (Å²) in [5.41, 5.74) is -1.31. The number of hydrogen-bond donors (Lipinski definition) is 2. The summed E-state index contributed by atoms with van der Waals surface area (Å²) < 4.78 is 37.1. The van der Waals surface area contributed by atoms with E-state index in [1.165, 1.54) is 32.3 Å². The third-order valence-electron chi connectivity index (χ3n) is 4.47. The number of amides is 1. The fourth-order valence-electron chi connectivity index (χ4n) is 2.69. The molecule has 0 fully saturated rings. The number of aromatic nitrogens is 2. The molecule has 0 bridgehead atoms. The first-order valence-corrected chi connectivity index (χ1v) is 13.5. The van der Waals surface area contributed by atoms with E-state index in [0.717, 1.165) is 10.6 Å². The topological polar surface area (TPSA) is 146 Å². The molecule has 1 rings (SSSR count). The first-order chi connectivity index (χ1) is 16.6. The zero-order chi connectivity index (χ0) is 26.4. The summed E-state index contributed by atoms with van der Waals surface area (Å²) in [6.07, 6.45) is 2.62.